The third-order valence-electron chi connectivity index (χ3n) is 4.15. The zero-order valence-electron chi connectivity index (χ0n) is 12.5. The minimum atomic E-state index is -0.332. The van der Waals surface area contributed by atoms with E-state index in [0.717, 1.165) is 5.56 Å². The summed E-state index contributed by atoms with van der Waals surface area (Å²) in [7, 11) is 0. The van der Waals surface area contributed by atoms with Crippen molar-refractivity contribution in [3.63, 3.8) is 0 Å². The van der Waals surface area contributed by atoms with Crippen LogP contribution in [0, 0.1) is 11.6 Å². The minimum absolute atomic E-state index is 0.138. The molecule has 120 valence electrons. The lowest BCUT2D eigenvalue weighted by Gasteiger charge is -2.23. The van der Waals surface area contributed by atoms with E-state index in [1.165, 1.54) is 24.3 Å². The minimum Gasteiger partial charge on any atom is -0.310 e. The molecule has 0 saturated carbocycles. The predicted octanol–water partition coefficient (Wildman–Crippen LogP) is 3.62. The van der Waals surface area contributed by atoms with Gasteiger partial charge in [-0.15, -0.1) is 0 Å². The van der Waals surface area contributed by atoms with Crippen LogP contribution in [-0.4, -0.2) is 15.5 Å². The Bertz CT molecular complexity index is 901. The highest BCUT2D eigenvalue weighted by molar-refractivity contribution is 5.94. The van der Waals surface area contributed by atoms with Gasteiger partial charge in [-0.1, -0.05) is 12.1 Å². The van der Waals surface area contributed by atoms with E-state index in [9.17, 15) is 13.6 Å². The lowest BCUT2D eigenvalue weighted by atomic mass is 9.90. The molecule has 0 saturated heterocycles. The third kappa shape index (κ3) is 2.46. The number of fused-ring (bicyclic) bond motifs is 1. The maximum atomic E-state index is 13.2. The molecule has 0 unspecified atom stereocenters. The van der Waals surface area contributed by atoms with Crippen LogP contribution in [0.5, 0.6) is 0 Å². The van der Waals surface area contributed by atoms with Crippen molar-refractivity contribution >= 4 is 11.7 Å². The first-order chi connectivity index (χ1) is 11.6. The van der Waals surface area contributed by atoms with Gasteiger partial charge in [0.25, 0.3) is 0 Å². The molecule has 3 aromatic rings. The number of carbonyl (C=O) groups excluding carboxylic acids is 1. The van der Waals surface area contributed by atoms with Crippen LogP contribution in [0.1, 0.15) is 23.6 Å². The Morgan fingerprint density at radius 1 is 1.00 bits per heavy atom. The Morgan fingerprint density at radius 2 is 1.62 bits per heavy atom. The number of hydrogen-bond donors (Lipinski definition) is 1. The molecule has 4 nitrogen and oxygen atoms in total. The van der Waals surface area contributed by atoms with Crippen molar-refractivity contribution in [1.29, 1.82) is 0 Å². The molecule has 4 rings (SSSR count). The number of aromatic nitrogens is 2. The van der Waals surface area contributed by atoms with Gasteiger partial charge in [0.05, 0.1) is 5.69 Å². The second-order valence-corrected chi connectivity index (χ2v) is 5.68. The lowest BCUT2D eigenvalue weighted by molar-refractivity contribution is -0.116. The maximum absolute atomic E-state index is 13.2. The number of nitrogens with one attached hydrogen (secondary N) is 1. The highest BCUT2D eigenvalue weighted by atomic mass is 19.1. The fourth-order valence-corrected chi connectivity index (χ4v) is 2.97. The van der Waals surface area contributed by atoms with Gasteiger partial charge in [0, 0.05) is 18.0 Å². The topological polar surface area (TPSA) is 46.9 Å². The molecule has 1 N–H and O–H groups in total. The Labute approximate surface area is 136 Å². The number of rotatable bonds is 2. The highest BCUT2D eigenvalue weighted by Gasteiger charge is 2.30. The average molecular weight is 325 g/mol. The Kier molecular flexibility index (Phi) is 3.37. The number of halogens is 2. The second kappa shape index (κ2) is 5.56. The largest absolute Gasteiger partial charge is 0.310 e. The van der Waals surface area contributed by atoms with Crippen molar-refractivity contribution in [3.8, 4) is 5.69 Å². The monoisotopic (exact) mass is 325 g/mol. The number of imidazole rings is 1. The van der Waals surface area contributed by atoms with E-state index in [-0.39, 0.29) is 29.9 Å². The lowest BCUT2D eigenvalue weighted by Crippen LogP contribution is -2.24. The maximum Gasteiger partial charge on any atom is 0.226 e. The van der Waals surface area contributed by atoms with Crippen LogP contribution >= 0.6 is 0 Å². The molecule has 0 bridgehead atoms. The molecule has 0 fully saturated rings. The summed E-state index contributed by atoms with van der Waals surface area (Å²) in [5.74, 6) is -0.471. The van der Waals surface area contributed by atoms with Crippen LogP contribution in [0.4, 0.5) is 14.6 Å². The molecular weight excluding hydrogens is 312 g/mol. The third-order valence-corrected chi connectivity index (χ3v) is 4.15. The number of anilines is 1. The molecule has 2 heterocycles. The van der Waals surface area contributed by atoms with Gasteiger partial charge in [-0.3, -0.25) is 9.36 Å². The summed E-state index contributed by atoms with van der Waals surface area (Å²) in [6.45, 7) is 0. The van der Waals surface area contributed by atoms with Crippen LogP contribution in [0.15, 0.2) is 54.9 Å². The fourth-order valence-electron chi connectivity index (χ4n) is 2.97. The number of amides is 1. The van der Waals surface area contributed by atoms with Crippen molar-refractivity contribution < 1.29 is 13.6 Å². The van der Waals surface area contributed by atoms with Crippen molar-refractivity contribution in [1.82, 2.24) is 9.55 Å². The van der Waals surface area contributed by atoms with E-state index < -0.39 is 0 Å². The molecule has 1 atom stereocenters. The van der Waals surface area contributed by atoms with Crippen LogP contribution < -0.4 is 5.32 Å². The van der Waals surface area contributed by atoms with Crippen LogP contribution in [0.2, 0.25) is 0 Å². The number of carbonyl (C=O) groups is 1. The predicted molar refractivity (Wildman–Crippen MR) is 85.0 cm³/mol. The number of hydrogen-bond acceptors (Lipinski definition) is 2. The Morgan fingerprint density at radius 3 is 2.29 bits per heavy atom. The highest BCUT2D eigenvalue weighted by Crippen LogP contribution is 2.37. The Hall–Kier alpha value is -3.02. The molecule has 1 aliphatic heterocycles. The first-order valence-corrected chi connectivity index (χ1v) is 7.50. The van der Waals surface area contributed by atoms with Gasteiger partial charge in [0.1, 0.15) is 23.8 Å². The number of nitrogens with zero attached hydrogens (tertiary/aromatic N) is 2. The molecule has 6 heteroatoms. The standard InChI is InChI=1S/C18H13F2N3O/c19-12-3-1-11(2-4-12)15-9-16(24)22-18-17(15)21-10-23(18)14-7-5-13(20)6-8-14/h1-8,10,15H,9H2,(H,22,24)/t15-/m0/s1. The quantitative estimate of drug-likeness (QED) is 0.782. The molecule has 1 amide bonds. The normalized spacial score (nSPS) is 16.6. The van der Waals surface area contributed by atoms with E-state index in [4.69, 9.17) is 0 Å². The van der Waals surface area contributed by atoms with Crippen molar-refractivity contribution in [2.75, 3.05) is 5.32 Å². The van der Waals surface area contributed by atoms with Crippen molar-refractivity contribution in [2.45, 2.75) is 12.3 Å². The molecule has 2 aromatic carbocycles. The summed E-state index contributed by atoms with van der Waals surface area (Å²) >= 11 is 0. The van der Waals surface area contributed by atoms with Crippen LogP contribution in [-0.2, 0) is 4.79 Å². The van der Waals surface area contributed by atoms with Gasteiger partial charge in [-0.05, 0) is 42.0 Å². The van der Waals surface area contributed by atoms with Crippen molar-refractivity contribution in [3.05, 3.63) is 77.8 Å². The Balaban J connectivity index is 1.80. The molecule has 1 aliphatic rings. The van der Waals surface area contributed by atoms with Crippen molar-refractivity contribution in [2.24, 2.45) is 0 Å². The second-order valence-electron chi connectivity index (χ2n) is 5.68. The molecule has 0 spiro atoms. The van der Waals surface area contributed by atoms with E-state index in [2.05, 4.69) is 10.3 Å². The smallest absolute Gasteiger partial charge is 0.226 e. The molecule has 1 aromatic heterocycles. The molecule has 24 heavy (non-hydrogen) atoms. The number of benzene rings is 2. The van der Waals surface area contributed by atoms with E-state index >= 15 is 0 Å². The molecule has 0 aliphatic carbocycles. The average Bonchev–Trinajstić information content (AvgIpc) is 2.99. The first-order valence-electron chi connectivity index (χ1n) is 7.50. The van der Waals surface area contributed by atoms with Gasteiger partial charge in [0.15, 0.2) is 0 Å². The summed E-state index contributed by atoms with van der Waals surface area (Å²) in [4.78, 5) is 16.6. The zero-order valence-corrected chi connectivity index (χ0v) is 12.5. The fraction of sp³-hybridized carbons (Fsp3) is 0.111. The first kappa shape index (κ1) is 14.6. The summed E-state index contributed by atoms with van der Waals surface area (Å²) < 4.78 is 28.0. The van der Waals surface area contributed by atoms with E-state index in [0.29, 0.717) is 17.2 Å². The van der Waals surface area contributed by atoms with E-state index in [1.54, 1.807) is 35.2 Å². The SMILES string of the molecule is O=C1C[C@@H](c2ccc(F)cc2)c2ncn(-c3ccc(F)cc3)c2N1. The van der Waals surface area contributed by atoms with Gasteiger partial charge in [-0.2, -0.15) is 0 Å². The van der Waals surface area contributed by atoms with Gasteiger partial charge < -0.3 is 5.32 Å². The molecular formula is C18H13F2N3O. The van der Waals surface area contributed by atoms with Crippen LogP contribution in [0.3, 0.4) is 0 Å². The summed E-state index contributed by atoms with van der Waals surface area (Å²) in [5, 5.41) is 2.83. The zero-order chi connectivity index (χ0) is 16.7. The van der Waals surface area contributed by atoms with Gasteiger partial charge in [-0.25, -0.2) is 13.8 Å². The summed E-state index contributed by atoms with van der Waals surface area (Å²) in [5.41, 5.74) is 2.24. The van der Waals surface area contributed by atoms with Crippen LogP contribution in [0.25, 0.3) is 5.69 Å². The summed E-state index contributed by atoms with van der Waals surface area (Å²) in [6, 6.07) is 12.0. The van der Waals surface area contributed by atoms with Gasteiger partial charge in [0.2, 0.25) is 5.91 Å². The molecule has 0 radical (unpaired) electrons. The summed E-state index contributed by atoms with van der Waals surface area (Å²) in [6.07, 6.45) is 1.85. The van der Waals surface area contributed by atoms with E-state index in [1.807, 2.05) is 0 Å². The van der Waals surface area contributed by atoms with Gasteiger partial charge >= 0.3 is 0 Å².